The molecule has 2 saturated heterocycles. The lowest BCUT2D eigenvalue weighted by atomic mass is 9.72. The largest absolute Gasteiger partial charge is 0.326 e. The lowest BCUT2D eigenvalue weighted by molar-refractivity contribution is -0.143. The number of nitrogens with zero attached hydrogens (tertiary/aromatic N) is 6. The first-order valence-corrected chi connectivity index (χ1v) is 13.1. The van der Waals surface area contributed by atoms with Crippen LogP contribution >= 0.6 is 15.9 Å². The molecule has 192 valence electrons. The van der Waals surface area contributed by atoms with Crippen LogP contribution in [0.2, 0.25) is 0 Å². The van der Waals surface area contributed by atoms with Crippen LogP contribution in [0.25, 0.3) is 22.0 Å². The molecule has 1 N–H and O–H groups in total. The van der Waals surface area contributed by atoms with E-state index in [0.717, 1.165) is 11.1 Å². The van der Waals surface area contributed by atoms with E-state index in [0.29, 0.717) is 58.1 Å². The Kier molecular flexibility index (Phi) is 5.82. The van der Waals surface area contributed by atoms with E-state index in [2.05, 4.69) is 41.3 Å². The van der Waals surface area contributed by atoms with Crippen molar-refractivity contribution in [2.24, 2.45) is 5.92 Å². The summed E-state index contributed by atoms with van der Waals surface area (Å²) >= 11 is 3.32. The number of rotatable bonds is 6. The van der Waals surface area contributed by atoms with Crippen LogP contribution in [0.15, 0.2) is 53.4 Å². The molecular weight excluding hydrogens is 550 g/mol. The molecule has 38 heavy (non-hydrogen) atoms. The Morgan fingerprint density at radius 1 is 1.11 bits per heavy atom. The van der Waals surface area contributed by atoms with Crippen molar-refractivity contribution in [1.29, 1.82) is 0 Å². The topological polar surface area (TPSA) is 123 Å². The molecule has 0 unspecified atom stereocenters. The van der Waals surface area contributed by atoms with Crippen LogP contribution in [-0.2, 0) is 16.1 Å². The maximum atomic E-state index is 13.6. The number of aromatic nitrogens is 5. The fourth-order valence-electron chi connectivity index (χ4n) is 5.53. The number of hydrogen-bond donors (Lipinski definition) is 1. The second kappa shape index (κ2) is 9.09. The summed E-state index contributed by atoms with van der Waals surface area (Å²) in [6.07, 6.45) is 4.72. The molecule has 1 aliphatic carbocycles. The summed E-state index contributed by atoms with van der Waals surface area (Å²) in [6, 6.07) is 10.9. The Morgan fingerprint density at radius 3 is 2.58 bits per heavy atom. The van der Waals surface area contributed by atoms with E-state index < -0.39 is 5.54 Å². The van der Waals surface area contributed by atoms with Crippen molar-refractivity contribution in [3.63, 3.8) is 0 Å². The highest BCUT2D eigenvalue weighted by atomic mass is 79.9. The molecule has 0 radical (unpaired) electrons. The van der Waals surface area contributed by atoms with Gasteiger partial charge in [0.25, 0.3) is 5.91 Å². The zero-order valence-corrected chi connectivity index (χ0v) is 22.4. The molecule has 2 aliphatic heterocycles. The fraction of sp³-hybridized carbons (Fsp3) is 0.296. The van der Waals surface area contributed by atoms with Gasteiger partial charge < -0.3 is 10.2 Å². The van der Waals surface area contributed by atoms with Gasteiger partial charge in [0.15, 0.2) is 5.78 Å². The molecule has 4 aromatic rings. The Bertz CT molecular complexity index is 1610. The van der Waals surface area contributed by atoms with Gasteiger partial charge in [0.05, 0.1) is 5.52 Å². The number of nitrogens with one attached hydrogen (secondary N) is 1. The number of carbonyl (C=O) groups excluding carboxylic acids is 3. The van der Waals surface area contributed by atoms with Crippen LogP contribution < -0.4 is 5.32 Å². The number of pyridine rings is 1. The quantitative estimate of drug-likeness (QED) is 0.275. The molecule has 1 saturated carbocycles. The third-order valence-electron chi connectivity index (χ3n) is 7.37. The maximum Gasteiger partial charge on any atom is 0.251 e. The van der Waals surface area contributed by atoms with Gasteiger partial charge in [0.1, 0.15) is 34.0 Å². The number of halogens is 1. The number of benzene rings is 1. The number of ketones is 1. The normalized spacial score (nSPS) is 19.9. The molecule has 10 nitrogen and oxygen atoms in total. The summed E-state index contributed by atoms with van der Waals surface area (Å²) in [5.41, 5.74) is 1.74. The molecule has 3 aliphatic rings. The molecule has 0 atom stereocenters. The van der Waals surface area contributed by atoms with Crippen LogP contribution in [0.3, 0.4) is 0 Å². The SMILES string of the molecule is CC(=O)c1nn(CC(=O)N2CC3CC2(C(=O)Nc2cccc(Br)n2)C3)c2ccc(-c3cnc(C)nc3)cc12. The van der Waals surface area contributed by atoms with Crippen LogP contribution in [-0.4, -0.2) is 59.3 Å². The Balaban J connectivity index is 1.28. The van der Waals surface area contributed by atoms with Crippen molar-refractivity contribution < 1.29 is 14.4 Å². The standard InChI is InChI=1S/C27H24BrN7O3/c1-15(36)25-20-8-18(19-11-29-16(2)30-12-19)6-7-21(20)35(33-25)14-24(37)34-13-17-9-27(34,10-17)26(38)32-23-5-3-4-22(28)31-23/h3-8,11-12,17H,9-10,13-14H2,1-2H3,(H,31,32,38). The van der Waals surface area contributed by atoms with E-state index in [1.165, 1.54) is 6.92 Å². The molecule has 1 aromatic carbocycles. The van der Waals surface area contributed by atoms with Gasteiger partial charge in [-0.2, -0.15) is 5.10 Å². The van der Waals surface area contributed by atoms with E-state index in [9.17, 15) is 14.4 Å². The highest BCUT2D eigenvalue weighted by molar-refractivity contribution is 9.10. The zero-order valence-electron chi connectivity index (χ0n) is 20.8. The van der Waals surface area contributed by atoms with Crippen molar-refractivity contribution in [2.45, 2.75) is 38.8 Å². The average Bonchev–Trinajstić information content (AvgIpc) is 3.55. The van der Waals surface area contributed by atoms with Gasteiger partial charge >= 0.3 is 0 Å². The van der Waals surface area contributed by atoms with Crippen molar-refractivity contribution in [3.05, 3.63) is 64.9 Å². The van der Waals surface area contributed by atoms with E-state index in [-0.39, 0.29) is 24.1 Å². The van der Waals surface area contributed by atoms with Gasteiger partial charge in [-0.1, -0.05) is 12.1 Å². The maximum absolute atomic E-state index is 13.6. The second-order valence-electron chi connectivity index (χ2n) is 9.92. The minimum atomic E-state index is -0.892. The van der Waals surface area contributed by atoms with E-state index in [4.69, 9.17) is 0 Å². The molecular formula is C27H24BrN7O3. The summed E-state index contributed by atoms with van der Waals surface area (Å²) < 4.78 is 2.17. The average molecular weight is 574 g/mol. The molecule has 2 bridgehead atoms. The molecule has 11 heteroatoms. The lowest BCUT2D eigenvalue weighted by Gasteiger charge is -2.40. The number of Topliss-reactive ketones (excluding diaryl/α,β-unsaturated/α-hetero) is 1. The zero-order chi connectivity index (χ0) is 26.6. The molecule has 7 rings (SSSR count). The summed E-state index contributed by atoms with van der Waals surface area (Å²) in [4.78, 5) is 53.8. The van der Waals surface area contributed by atoms with Crippen LogP contribution in [0.4, 0.5) is 5.82 Å². The predicted molar refractivity (Wildman–Crippen MR) is 143 cm³/mol. The van der Waals surface area contributed by atoms with E-state index >= 15 is 0 Å². The van der Waals surface area contributed by atoms with E-state index in [1.54, 1.807) is 40.2 Å². The highest BCUT2D eigenvalue weighted by Crippen LogP contribution is 2.51. The summed E-state index contributed by atoms with van der Waals surface area (Å²) in [5, 5.41) is 8.03. The van der Waals surface area contributed by atoms with Gasteiger partial charge in [0, 0.05) is 36.8 Å². The Morgan fingerprint density at radius 2 is 1.87 bits per heavy atom. The van der Waals surface area contributed by atoms with Crippen molar-refractivity contribution >= 4 is 50.2 Å². The van der Waals surface area contributed by atoms with Gasteiger partial charge in [-0.05, 0) is 71.4 Å². The number of carbonyl (C=O) groups is 3. The first-order chi connectivity index (χ1) is 18.2. The third kappa shape index (κ3) is 4.07. The minimum Gasteiger partial charge on any atom is -0.326 e. The molecule has 0 spiro atoms. The Hall–Kier alpha value is -3.99. The number of anilines is 1. The van der Waals surface area contributed by atoms with Crippen LogP contribution in [0.5, 0.6) is 0 Å². The number of amides is 2. The van der Waals surface area contributed by atoms with Gasteiger partial charge in [-0.15, -0.1) is 0 Å². The molecule has 5 heterocycles. The fourth-order valence-corrected chi connectivity index (χ4v) is 5.87. The third-order valence-corrected chi connectivity index (χ3v) is 7.82. The Labute approximate surface area is 226 Å². The summed E-state index contributed by atoms with van der Waals surface area (Å²) in [7, 11) is 0. The van der Waals surface area contributed by atoms with E-state index in [1.807, 2.05) is 25.1 Å². The van der Waals surface area contributed by atoms with Crippen LogP contribution in [0.1, 0.15) is 36.1 Å². The monoisotopic (exact) mass is 573 g/mol. The van der Waals surface area contributed by atoms with Gasteiger partial charge in [-0.25, -0.2) is 15.0 Å². The molecule has 3 aromatic heterocycles. The van der Waals surface area contributed by atoms with Crippen molar-refractivity contribution in [3.8, 4) is 11.1 Å². The highest BCUT2D eigenvalue weighted by Gasteiger charge is 2.62. The number of fused-ring (bicyclic) bond motifs is 2. The lowest BCUT2D eigenvalue weighted by Crippen LogP contribution is -2.57. The van der Waals surface area contributed by atoms with Crippen LogP contribution in [0, 0.1) is 12.8 Å². The van der Waals surface area contributed by atoms with Gasteiger partial charge in [-0.3, -0.25) is 19.1 Å². The van der Waals surface area contributed by atoms with Gasteiger partial charge in [0.2, 0.25) is 5.91 Å². The second-order valence-corrected chi connectivity index (χ2v) is 10.7. The molecule has 2 amide bonds. The number of aryl methyl sites for hydroxylation is 1. The predicted octanol–water partition coefficient (Wildman–Crippen LogP) is 3.79. The minimum absolute atomic E-state index is 0.0757. The summed E-state index contributed by atoms with van der Waals surface area (Å²) in [5.74, 6) is 0.758. The van der Waals surface area contributed by atoms with Crippen molar-refractivity contribution in [1.82, 2.24) is 29.6 Å². The number of hydrogen-bond acceptors (Lipinski definition) is 7. The first-order valence-electron chi connectivity index (χ1n) is 12.3. The summed E-state index contributed by atoms with van der Waals surface area (Å²) in [6.45, 7) is 3.72. The smallest absolute Gasteiger partial charge is 0.251 e. The van der Waals surface area contributed by atoms with Crippen molar-refractivity contribution in [2.75, 3.05) is 11.9 Å². The molecule has 3 fully saturated rings. The first kappa shape index (κ1) is 24.4.